The van der Waals surface area contributed by atoms with Gasteiger partial charge in [0, 0.05) is 31.5 Å². The topological polar surface area (TPSA) is 55.5 Å². The molecule has 36 heavy (non-hydrogen) atoms. The highest BCUT2D eigenvalue weighted by molar-refractivity contribution is 5.83. The molecule has 4 aromatic rings. The van der Waals surface area contributed by atoms with Crippen LogP contribution in [-0.4, -0.2) is 58.9 Å². The smallest absolute Gasteiger partial charge is 0.240 e. The van der Waals surface area contributed by atoms with Gasteiger partial charge in [-0.1, -0.05) is 66.7 Å². The van der Waals surface area contributed by atoms with Gasteiger partial charge < -0.3 is 14.8 Å². The van der Waals surface area contributed by atoms with E-state index < -0.39 is 0 Å². The number of aromatic nitrogens is 2. The Balaban J connectivity index is 1.46. The summed E-state index contributed by atoms with van der Waals surface area (Å²) >= 11 is 0. The van der Waals surface area contributed by atoms with Gasteiger partial charge in [-0.25, -0.2) is 4.98 Å². The Labute approximate surface area is 213 Å². The molecule has 1 N–H and O–H groups in total. The number of carbonyl (C=O) groups is 1. The number of anilines is 1. The lowest BCUT2D eigenvalue weighted by molar-refractivity contribution is -0.136. The minimum Gasteiger partial charge on any atom is -0.364 e. The molecule has 0 saturated carbocycles. The lowest BCUT2D eigenvalue weighted by Gasteiger charge is -2.30. The van der Waals surface area contributed by atoms with Gasteiger partial charge in [-0.2, -0.15) is 0 Å². The molecule has 6 heteroatoms. The molecule has 0 fully saturated rings. The molecule has 1 aliphatic rings. The van der Waals surface area contributed by atoms with Crippen LogP contribution in [0.1, 0.15) is 16.8 Å². The molecule has 0 saturated heterocycles. The molecule has 3 aromatic carbocycles. The third-order valence-electron chi connectivity index (χ3n) is 6.93. The van der Waals surface area contributed by atoms with Gasteiger partial charge in [0.05, 0.1) is 24.6 Å². The van der Waals surface area contributed by atoms with E-state index in [-0.39, 0.29) is 11.9 Å². The summed E-state index contributed by atoms with van der Waals surface area (Å²) in [6.07, 6.45) is 4.35. The molecule has 184 valence electrons. The molecular weight excluding hydrogens is 446 g/mol. The van der Waals surface area contributed by atoms with Crippen LogP contribution in [0.3, 0.4) is 0 Å². The van der Waals surface area contributed by atoms with Crippen LogP contribution < -0.4 is 4.90 Å². The van der Waals surface area contributed by atoms with E-state index in [2.05, 4.69) is 69.5 Å². The van der Waals surface area contributed by atoms with Crippen LogP contribution in [0.4, 0.5) is 5.69 Å². The van der Waals surface area contributed by atoms with Gasteiger partial charge in [0.15, 0.2) is 0 Å². The Kier molecular flexibility index (Phi) is 7.14. The van der Waals surface area contributed by atoms with Crippen molar-refractivity contribution in [1.82, 2.24) is 19.8 Å². The molecule has 2 heterocycles. The van der Waals surface area contributed by atoms with E-state index in [1.54, 1.807) is 6.33 Å². The normalized spacial score (nSPS) is 14.4. The van der Waals surface area contributed by atoms with Gasteiger partial charge in [-0.05, 0) is 54.9 Å². The van der Waals surface area contributed by atoms with Gasteiger partial charge in [-0.3, -0.25) is 9.69 Å². The number of carbonyl (C=O) groups excluding carboxylic acids is 1. The van der Waals surface area contributed by atoms with E-state index in [4.69, 9.17) is 0 Å². The number of nitrogens with one attached hydrogen (secondary N) is 1. The number of hydrogen-bond acceptors (Lipinski definition) is 4. The van der Waals surface area contributed by atoms with Crippen molar-refractivity contribution in [2.24, 2.45) is 0 Å². The molecule has 0 spiro atoms. The first kappa shape index (κ1) is 23.8. The summed E-state index contributed by atoms with van der Waals surface area (Å²) in [5.74, 6) is 0.168. The van der Waals surface area contributed by atoms with E-state index in [1.165, 1.54) is 11.1 Å². The molecule has 1 aromatic heterocycles. The Morgan fingerprint density at radius 2 is 1.72 bits per heavy atom. The molecule has 0 aliphatic carbocycles. The van der Waals surface area contributed by atoms with Crippen molar-refractivity contribution in [2.75, 3.05) is 32.1 Å². The van der Waals surface area contributed by atoms with Crippen LogP contribution in [0, 0.1) is 0 Å². The van der Waals surface area contributed by atoms with Gasteiger partial charge >= 0.3 is 0 Å². The summed E-state index contributed by atoms with van der Waals surface area (Å²) in [6.45, 7) is 2.70. The molecule has 1 atom stereocenters. The van der Waals surface area contributed by atoms with Crippen molar-refractivity contribution in [2.45, 2.75) is 25.6 Å². The third kappa shape index (κ3) is 5.34. The van der Waals surface area contributed by atoms with Gasteiger partial charge in [0.1, 0.15) is 0 Å². The second-order valence-electron chi connectivity index (χ2n) is 9.62. The van der Waals surface area contributed by atoms with Crippen LogP contribution in [0.15, 0.2) is 91.4 Å². The highest BCUT2D eigenvalue weighted by atomic mass is 16.2. The Morgan fingerprint density at radius 3 is 2.42 bits per heavy atom. The molecule has 0 bridgehead atoms. The zero-order valence-corrected chi connectivity index (χ0v) is 21.0. The number of rotatable bonds is 7. The predicted octanol–water partition coefficient (Wildman–Crippen LogP) is 4.60. The fourth-order valence-corrected chi connectivity index (χ4v) is 4.94. The standard InChI is InChI=1S/C30H33N5O/c1-33(2)29(17-23-9-5-3-6-10-23)30(36)35-16-15-34(21-27-19-31-22-32-27)28-14-13-25(18-26(28)20-35)24-11-7-4-8-12-24/h3-14,18-19,22,29H,15-17,20-21H2,1-2H3,(H,31,32). The highest BCUT2D eigenvalue weighted by Crippen LogP contribution is 2.31. The highest BCUT2D eigenvalue weighted by Gasteiger charge is 2.30. The van der Waals surface area contributed by atoms with Crippen molar-refractivity contribution in [3.8, 4) is 11.1 Å². The maximum atomic E-state index is 13.9. The van der Waals surface area contributed by atoms with Crippen LogP contribution in [0.2, 0.25) is 0 Å². The van der Waals surface area contributed by atoms with Crippen molar-refractivity contribution in [1.29, 1.82) is 0 Å². The Bertz CT molecular complexity index is 1270. The second kappa shape index (κ2) is 10.8. The van der Waals surface area contributed by atoms with Crippen molar-refractivity contribution < 1.29 is 4.79 Å². The number of fused-ring (bicyclic) bond motifs is 1. The number of hydrogen-bond donors (Lipinski definition) is 1. The lowest BCUT2D eigenvalue weighted by atomic mass is 10.0. The van der Waals surface area contributed by atoms with Crippen molar-refractivity contribution in [3.05, 3.63) is 108 Å². The number of aromatic amines is 1. The van der Waals surface area contributed by atoms with E-state index >= 15 is 0 Å². The molecule has 5 rings (SSSR count). The Morgan fingerprint density at radius 1 is 0.972 bits per heavy atom. The molecular formula is C30H33N5O. The van der Waals surface area contributed by atoms with Crippen LogP contribution in [0.5, 0.6) is 0 Å². The quantitative estimate of drug-likeness (QED) is 0.421. The second-order valence-corrected chi connectivity index (χ2v) is 9.62. The van der Waals surface area contributed by atoms with E-state index in [0.29, 0.717) is 26.1 Å². The summed E-state index contributed by atoms with van der Waals surface area (Å²) in [5.41, 5.74) is 6.83. The third-order valence-corrected chi connectivity index (χ3v) is 6.93. The molecule has 6 nitrogen and oxygen atoms in total. The van der Waals surface area contributed by atoms with E-state index in [0.717, 1.165) is 29.1 Å². The van der Waals surface area contributed by atoms with Crippen molar-refractivity contribution >= 4 is 11.6 Å². The summed E-state index contributed by atoms with van der Waals surface area (Å²) in [4.78, 5) is 27.9. The first-order valence-electron chi connectivity index (χ1n) is 12.5. The number of H-pyrrole nitrogens is 1. The summed E-state index contributed by atoms with van der Waals surface area (Å²) in [7, 11) is 3.99. The number of likely N-dealkylation sites (N-methyl/N-ethyl adjacent to an activating group) is 1. The number of benzene rings is 3. The summed E-state index contributed by atoms with van der Waals surface area (Å²) in [6, 6.07) is 27.1. The maximum Gasteiger partial charge on any atom is 0.240 e. The molecule has 1 amide bonds. The van der Waals surface area contributed by atoms with Gasteiger partial charge in [0.2, 0.25) is 5.91 Å². The van der Waals surface area contributed by atoms with Crippen LogP contribution in [0.25, 0.3) is 11.1 Å². The minimum atomic E-state index is -0.217. The monoisotopic (exact) mass is 479 g/mol. The molecule has 1 unspecified atom stereocenters. The molecule has 0 radical (unpaired) electrons. The summed E-state index contributed by atoms with van der Waals surface area (Å²) in [5, 5.41) is 0. The largest absolute Gasteiger partial charge is 0.364 e. The predicted molar refractivity (Wildman–Crippen MR) is 145 cm³/mol. The van der Waals surface area contributed by atoms with E-state index in [1.807, 2.05) is 54.4 Å². The van der Waals surface area contributed by atoms with Gasteiger partial charge in [-0.15, -0.1) is 0 Å². The SMILES string of the molecule is CN(C)C(Cc1ccccc1)C(=O)N1CCN(Cc2c[nH]cn2)c2ccc(-c3ccccc3)cc2C1. The fraction of sp³-hybridized carbons (Fsp3) is 0.267. The Hall–Kier alpha value is -3.90. The first-order valence-corrected chi connectivity index (χ1v) is 12.5. The zero-order chi connectivity index (χ0) is 24.9. The number of imidazole rings is 1. The van der Waals surface area contributed by atoms with Crippen molar-refractivity contribution in [3.63, 3.8) is 0 Å². The van der Waals surface area contributed by atoms with E-state index in [9.17, 15) is 4.79 Å². The number of amides is 1. The average molecular weight is 480 g/mol. The average Bonchev–Trinajstić information content (AvgIpc) is 3.35. The zero-order valence-electron chi connectivity index (χ0n) is 21.0. The fourth-order valence-electron chi connectivity index (χ4n) is 4.94. The lowest BCUT2D eigenvalue weighted by Crippen LogP contribution is -2.48. The summed E-state index contributed by atoms with van der Waals surface area (Å²) < 4.78 is 0. The van der Waals surface area contributed by atoms with Gasteiger partial charge in [0.25, 0.3) is 0 Å². The minimum absolute atomic E-state index is 0.168. The first-order chi connectivity index (χ1) is 17.6. The van der Waals surface area contributed by atoms with Crippen LogP contribution in [-0.2, 0) is 24.3 Å². The van der Waals surface area contributed by atoms with Crippen LogP contribution >= 0.6 is 0 Å². The molecule has 1 aliphatic heterocycles. The maximum absolute atomic E-state index is 13.9. The number of nitrogens with zero attached hydrogens (tertiary/aromatic N) is 4.